The van der Waals surface area contributed by atoms with Gasteiger partial charge in [0.05, 0.1) is 0 Å². The Labute approximate surface area is 83.0 Å². The smallest absolute Gasteiger partial charge is 0.320 e. The van der Waals surface area contributed by atoms with Crippen LogP contribution < -0.4 is 11.1 Å². The molecule has 0 rings (SSSR count). The summed E-state index contributed by atoms with van der Waals surface area (Å²) >= 11 is 0. The van der Waals surface area contributed by atoms with Gasteiger partial charge in [-0.15, -0.1) is 6.58 Å². The largest absolute Gasteiger partial charge is 0.480 e. The molecule has 4 N–H and O–H groups in total. The molecule has 0 aromatic heterocycles. The van der Waals surface area contributed by atoms with Gasteiger partial charge in [0, 0.05) is 13.0 Å². The first kappa shape index (κ1) is 12.6. The van der Waals surface area contributed by atoms with Crippen LogP contribution in [-0.4, -0.2) is 30.1 Å². The Balaban J connectivity index is 4.28. The van der Waals surface area contributed by atoms with Crippen LogP contribution >= 0.6 is 0 Å². The molecular formula is C9H16N2O3. The number of hydrogen-bond donors (Lipinski definition) is 3. The van der Waals surface area contributed by atoms with Gasteiger partial charge in [-0.25, -0.2) is 0 Å². The maximum Gasteiger partial charge on any atom is 0.320 e. The molecule has 1 amide bonds. The molecule has 0 bridgehead atoms. The number of aliphatic carboxylic acids is 1. The lowest BCUT2D eigenvalue weighted by Gasteiger charge is -2.15. The van der Waals surface area contributed by atoms with E-state index < -0.39 is 17.9 Å². The number of nitrogens with two attached hydrogens (primary N) is 1. The first-order valence-corrected chi connectivity index (χ1v) is 4.33. The van der Waals surface area contributed by atoms with E-state index in [1.165, 1.54) is 7.05 Å². The summed E-state index contributed by atoms with van der Waals surface area (Å²) in [5.41, 5.74) is 5.33. The van der Waals surface area contributed by atoms with Crippen LogP contribution in [0.1, 0.15) is 12.8 Å². The Kier molecular flexibility index (Phi) is 5.55. The monoisotopic (exact) mass is 200 g/mol. The van der Waals surface area contributed by atoms with Crippen molar-refractivity contribution in [1.82, 2.24) is 5.32 Å². The third kappa shape index (κ3) is 4.04. The summed E-state index contributed by atoms with van der Waals surface area (Å²) in [6.07, 6.45) is 2.14. The normalized spacial score (nSPS) is 14.1. The number of hydrogen-bond acceptors (Lipinski definition) is 3. The van der Waals surface area contributed by atoms with Crippen molar-refractivity contribution in [3.63, 3.8) is 0 Å². The minimum Gasteiger partial charge on any atom is -0.480 e. The van der Waals surface area contributed by atoms with Gasteiger partial charge >= 0.3 is 5.97 Å². The van der Waals surface area contributed by atoms with Crippen LogP contribution in [0.25, 0.3) is 0 Å². The molecule has 0 heterocycles. The van der Waals surface area contributed by atoms with Crippen LogP contribution in [0.4, 0.5) is 0 Å². The van der Waals surface area contributed by atoms with Gasteiger partial charge in [-0.05, 0) is 12.8 Å². The highest BCUT2D eigenvalue weighted by Gasteiger charge is 2.22. The molecule has 0 fully saturated rings. The number of carboxylic acids is 1. The van der Waals surface area contributed by atoms with E-state index in [1.807, 2.05) is 0 Å². The van der Waals surface area contributed by atoms with Crippen LogP contribution in [0.2, 0.25) is 0 Å². The van der Waals surface area contributed by atoms with E-state index in [1.54, 1.807) is 6.08 Å². The summed E-state index contributed by atoms with van der Waals surface area (Å²) in [4.78, 5) is 21.7. The molecule has 80 valence electrons. The van der Waals surface area contributed by atoms with Gasteiger partial charge in [0.25, 0.3) is 0 Å². The van der Waals surface area contributed by atoms with Crippen molar-refractivity contribution >= 4 is 11.9 Å². The molecule has 2 atom stereocenters. The fraction of sp³-hybridized carbons (Fsp3) is 0.556. The number of carbonyl (C=O) groups excluding carboxylic acids is 1. The zero-order chi connectivity index (χ0) is 11.1. The number of nitrogens with one attached hydrogen (secondary N) is 1. The molecule has 0 radical (unpaired) electrons. The Morgan fingerprint density at radius 2 is 2.21 bits per heavy atom. The second-order valence-electron chi connectivity index (χ2n) is 3.02. The minimum atomic E-state index is -1.09. The van der Waals surface area contributed by atoms with Crippen molar-refractivity contribution < 1.29 is 14.7 Å². The molecule has 2 unspecified atom stereocenters. The quantitative estimate of drug-likeness (QED) is 0.514. The lowest BCUT2D eigenvalue weighted by atomic mass is 9.96. The Bertz CT molecular complexity index is 228. The van der Waals surface area contributed by atoms with Gasteiger partial charge in [0.15, 0.2) is 0 Å². The van der Waals surface area contributed by atoms with E-state index in [4.69, 9.17) is 10.8 Å². The summed E-state index contributed by atoms with van der Waals surface area (Å²) in [5.74, 6) is -1.71. The molecule has 5 heteroatoms. The highest BCUT2D eigenvalue weighted by molar-refractivity contribution is 5.80. The van der Waals surface area contributed by atoms with E-state index in [-0.39, 0.29) is 12.3 Å². The number of carbonyl (C=O) groups is 2. The molecule has 0 saturated carbocycles. The highest BCUT2D eigenvalue weighted by Crippen LogP contribution is 2.11. The van der Waals surface area contributed by atoms with E-state index in [2.05, 4.69) is 11.9 Å². The molecular weight excluding hydrogens is 184 g/mol. The third-order valence-electron chi connectivity index (χ3n) is 1.92. The Morgan fingerprint density at radius 3 is 2.57 bits per heavy atom. The Morgan fingerprint density at radius 1 is 1.64 bits per heavy atom. The van der Waals surface area contributed by atoms with Gasteiger partial charge in [-0.1, -0.05) is 6.08 Å². The van der Waals surface area contributed by atoms with E-state index in [0.717, 1.165) is 0 Å². The van der Waals surface area contributed by atoms with Gasteiger partial charge in [-0.2, -0.15) is 0 Å². The highest BCUT2D eigenvalue weighted by atomic mass is 16.4. The average molecular weight is 200 g/mol. The summed E-state index contributed by atoms with van der Waals surface area (Å²) in [6.45, 7) is 3.50. The summed E-state index contributed by atoms with van der Waals surface area (Å²) in [6, 6.07) is -1.00. The number of rotatable bonds is 6. The zero-order valence-electron chi connectivity index (χ0n) is 8.19. The maximum atomic E-state index is 11.3. The molecule has 0 aromatic carbocycles. The van der Waals surface area contributed by atoms with Crippen molar-refractivity contribution in [2.24, 2.45) is 11.7 Å². The summed E-state index contributed by atoms with van der Waals surface area (Å²) < 4.78 is 0. The molecule has 0 aromatic rings. The number of allylic oxidation sites excluding steroid dienone is 1. The summed E-state index contributed by atoms with van der Waals surface area (Å²) in [7, 11) is 1.50. The van der Waals surface area contributed by atoms with Gasteiger partial charge < -0.3 is 16.2 Å². The standard InChI is InChI=1S/C9H16N2O3/c1-3-4-6(8(12)11-2)5-7(10)9(13)14/h3,6-7H,1,4-5,10H2,2H3,(H,11,12)(H,13,14). The van der Waals surface area contributed by atoms with Gasteiger partial charge in [-0.3, -0.25) is 9.59 Å². The maximum absolute atomic E-state index is 11.3. The molecule has 0 aliphatic carbocycles. The molecule has 0 saturated heterocycles. The zero-order valence-corrected chi connectivity index (χ0v) is 8.19. The van der Waals surface area contributed by atoms with Crippen LogP contribution in [0.15, 0.2) is 12.7 Å². The molecule has 14 heavy (non-hydrogen) atoms. The van der Waals surface area contributed by atoms with E-state index >= 15 is 0 Å². The molecule has 0 aliphatic rings. The van der Waals surface area contributed by atoms with Crippen LogP contribution in [-0.2, 0) is 9.59 Å². The first-order valence-electron chi connectivity index (χ1n) is 4.33. The van der Waals surface area contributed by atoms with Crippen LogP contribution in [0, 0.1) is 5.92 Å². The second-order valence-corrected chi connectivity index (χ2v) is 3.02. The molecule has 0 aliphatic heterocycles. The lowest BCUT2D eigenvalue weighted by molar-refractivity contribution is -0.139. The molecule has 5 nitrogen and oxygen atoms in total. The fourth-order valence-corrected chi connectivity index (χ4v) is 1.12. The van der Waals surface area contributed by atoms with E-state index in [9.17, 15) is 9.59 Å². The lowest BCUT2D eigenvalue weighted by Crippen LogP contribution is -2.37. The number of amides is 1. The first-order chi connectivity index (χ1) is 6.52. The predicted molar refractivity (Wildman–Crippen MR) is 52.6 cm³/mol. The van der Waals surface area contributed by atoms with Crippen molar-refractivity contribution in [1.29, 1.82) is 0 Å². The van der Waals surface area contributed by atoms with Crippen LogP contribution in [0.3, 0.4) is 0 Å². The fourth-order valence-electron chi connectivity index (χ4n) is 1.12. The topological polar surface area (TPSA) is 92.4 Å². The van der Waals surface area contributed by atoms with E-state index in [0.29, 0.717) is 6.42 Å². The van der Waals surface area contributed by atoms with Crippen molar-refractivity contribution in [2.45, 2.75) is 18.9 Å². The van der Waals surface area contributed by atoms with Crippen LogP contribution in [0.5, 0.6) is 0 Å². The SMILES string of the molecule is C=CCC(CC(N)C(=O)O)C(=O)NC. The predicted octanol–water partition coefficient (Wildman–Crippen LogP) is -0.273. The Hall–Kier alpha value is -1.36. The van der Waals surface area contributed by atoms with Crippen molar-refractivity contribution in [2.75, 3.05) is 7.05 Å². The van der Waals surface area contributed by atoms with Crippen molar-refractivity contribution in [3.8, 4) is 0 Å². The second kappa shape index (κ2) is 6.15. The average Bonchev–Trinajstić information content (AvgIpc) is 2.15. The molecule has 0 spiro atoms. The van der Waals surface area contributed by atoms with Gasteiger partial charge in [0.2, 0.25) is 5.91 Å². The van der Waals surface area contributed by atoms with Gasteiger partial charge in [0.1, 0.15) is 6.04 Å². The summed E-state index contributed by atoms with van der Waals surface area (Å²) in [5, 5.41) is 11.0. The number of carboxylic acid groups (broad SMARTS) is 1. The minimum absolute atomic E-state index is 0.126. The third-order valence-corrected chi connectivity index (χ3v) is 1.92. The van der Waals surface area contributed by atoms with Crippen molar-refractivity contribution in [3.05, 3.63) is 12.7 Å².